The van der Waals surface area contributed by atoms with Crippen LogP contribution in [0.2, 0.25) is 0 Å². The monoisotopic (exact) mass is 353 g/mol. The van der Waals surface area contributed by atoms with Gasteiger partial charge in [0, 0.05) is 5.41 Å². The molecule has 26 heavy (non-hydrogen) atoms. The van der Waals surface area contributed by atoms with Gasteiger partial charge < -0.3 is 0 Å². The molecule has 0 bridgehead atoms. The Morgan fingerprint density at radius 2 is 1.62 bits per heavy atom. The van der Waals surface area contributed by atoms with E-state index in [0.717, 1.165) is 17.6 Å². The molecule has 0 amide bonds. The van der Waals surface area contributed by atoms with Gasteiger partial charge in [0.1, 0.15) is 6.07 Å². The Hall–Kier alpha value is -1.88. The van der Waals surface area contributed by atoms with Gasteiger partial charge in [0.15, 0.2) is 5.78 Å². The summed E-state index contributed by atoms with van der Waals surface area (Å²) in [5, 5.41) is 9.67. The highest BCUT2D eigenvalue weighted by molar-refractivity contribution is 6.09. The normalized spacial score (nSPS) is 17.6. The number of hydrogen-bond donors (Lipinski definition) is 0. The molecule has 0 aliphatic heterocycles. The topological polar surface area (TPSA) is 40.9 Å². The number of ketones is 1. The number of fused-ring (bicyclic) bond motifs is 1. The van der Waals surface area contributed by atoms with Crippen molar-refractivity contribution < 1.29 is 4.79 Å². The molecule has 0 heterocycles. The van der Waals surface area contributed by atoms with Gasteiger partial charge in [-0.3, -0.25) is 4.79 Å². The molecular weight excluding hydrogens is 318 g/mol. The first-order chi connectivity index (χ1) is 11.8. The van der Waals surface area contributed by atoms with Crippen molar-refractivity contribution in [1.82, 2.24) is 0 Å². The Bertz CT molecular complexity index is 759. The smallest absolute Gasteiger partial charge is 0.178 e. The van der Waals surface area contributed by atoms with Crippen molar-refractivity contribution in [3.8, 4) is 6.07 Å². The fourth-order valence-corrected chi connectivity index (χ4v) is 3.32. The van der Waals surface area contributed by atoms with Crippen molar-refractivity contribution in [2.75, 3.05) is 0 Å². The van der Waals surface area contributed by atoms with E-state index in [9.17, 15) is 10.1 Å². The van der Waals surface area contributed by atoms with E-state index in [-0.39, 0.29) is 16.6 Å². The lowest BCUT2D eigenvalue weighted by Gasteiger charge is -2.24. The highest BCUT2D eigenvalue weighted by Crippen LogP contribution is 2.48. The molecule has 2 rings (SSSR count). The third-order valence-corrected chi connectivity index (χ3v) is 4.88. The van der Waals surface area contributed by atoms with E-state index in [2.05, 4.69) is 58.9 Å². The quantitative estimate of drug-likeness (QED) is 0.422. The molecule has 0 unspecified atom stereocenters. The van der Waals surface area contributed by atoms with E-state index >= 15 is 0 Å². The Balaban J connectivity index is 0.00000163. The lowest BCUT2D eigenvalue weighted by Crippen LogP contribution is -2.22. The van der Waals surface area contributed by atoms with Crippen LogP contribution in [0.3, 0.4) is 0 Å². The van der Waals surface area contributed by atoms with Crippen LogP contribution in [0.4, 0.5) is 0 Å². The van der Waals surface area contributed by atoms with Gasteiger partial charge in [-0.15, -0.1) is 0 Å². The number of Topliss-reactive ketones (excluding diaryl/α,β-unsaturated/α-hetero) is 1. The first-order valence-electron chi connectivity index (χ1n) is 9.62. The van der Waals surface area contributed by atoms with Gasteiger partial charge in [-0.05, 0) is 39.5 Å². The third kappa shape index (κ3) is 4.26. The summed E-state index contributed by atoms with van der Waals surface area (Å²) in [5.74, 6) is -0.0662. The molecule has 0 fully saturated rings. The van der Waals surface area contributed by atoms with Crippen molar-refractivity contribution in [3.63, 3.8) is 0 Å². The molecule has 1 aliphatic carbocycles. The lowest BCUT2D eigenvalue weighted by molar-refractivity contribution is -0.122. The summed E-state index contributed by atoms with van der Waals surface area (Å²) < 4.78 is 0. The van der Waals surface area contributed by atoms with Gasteiger partial charge in [-0.1, -0.05) is 87.4 Å². The van der Waals surface area contributed by atoms with Crippen molar-refractivity contribution in [1.29, 1.82) is 5.26 Å². The Morgan fingerprint density at radius 1 is 1.08 bits per heavy atom. The van der Waals surface area contributed by atoms with E-state index < -0.39 is 5.41 Å². The summed E-state index contributed by atoms with van der Waals surface area (Å²) in [7, 11) is 0. The molecular formula is C24H35NO. The molecule has 1 aromatic rings. The molecule has 0 saturated carbocycles. The molecule has 0 aromatic heterocycles. The zero-order chi connectivity index (χ0) is 20.5. The average molecular weight is 354 g/mol. The number of carbonyl (C=O) groups is 1. The lowest BCUT2D eigenvalue weighted by atomic mass is 9.81. The molecule has 0 saturated heterocycles. The van der Waals surface area contributed by atoms with Gasteiger partial charge in [0.2, 0.25) is 0 Å². The molecule has 2 nitrogen and oxygen atoms in total. The Labute approximate surface area is 160 Å². The van der Waals surface area contributed by atoms with Crippen molar-refractivity contribution in [2.45, 2.75) is 86.5 Å². The van der Waals surface area contributed by atoms with Crippen LogP contribution in [-0.4, -0.2) is 5.78 Å². The Kier molecular flexibility index (Phi) is 6.30. The van der Waals surface area contributed by atoms with Gasteiger partial charge in [-0.2, -0.15) is 5.26 Å². The van der Waals surface area contributed by atoms with Crippen LogP contribution in [0, 0.1) is 16.7 Å². The minimum Gasteiger partial charge on any atom is -0.293 e. The maximum Gasteiger partial charge on any atom is 0.178 e. The predicted octanol–water partition coefficient (Wildman–Crippen LogP) is 6.58. The first-order valence-corrected chi connectivity index (χ1v) is 9.62. The number of nitriles is 1. The van der Waals surface area contributed by atoms with Crippen LogP contribution in [0.1, 0.15) is 92.3 Å². The number of nitrogens with zero attached hydrogens (tertiary/aromatic N) is 1. The fraction of sp³-hybridized carbons (Fsp3) is 0.583. The number of carbonyl (C=O) groups excluding carboxylic acids is 1. The van der Waals surface area contributed by atoms with Crippen LogP contribution in [0.15, 0.2) is 23.8 Å². The van der Waals surface area contributed by atoms with Gasteiger partial charge >= 0.3 is 0 Å². The van der Waals surface area contributed by atoms with E-state index in [1.54, 1.807) is 0 Å². The first kappa shape index (κ1) is 22.2. The van der Waals surface area contributed by atoms with Gasteiger partial charge in [0.05, 0.1) is 5.57 Å². The average Bonchev–Trinajstić information content (AvgIpc) is 2.79. The molecule has 1 aromatic carbocycles. The van der Waals surface area contributed by atoms with Crippen molar-refractivity contribution >= 4 is 11.4 Å². The molecule has 0 atom stereocenters. The maximum atomic E-state index is 12.7. The number of benzene rings is 1. The summed E-state index contributed by atoms with van der Waals surface area (Å²) >= 11 is 0. The van der Waals surface area contributed by atoms with Crippen molar-refractivity contribution in [2.24, 2.45) is 5.41 Å². The van der Waals surface area contributed by atoms with Gasteiger partial charge in [0.25, 0.3) is 0 Å². The summed E-state index contributed by atoms with van der Waals surface area (Å²) in [6.45, 7) is 20.6. The van der Waals surface area contributed by atoms with Crippen molar-refractivity contribution in [3.05, 3.63) is 40.5 Å². The maximum absolute atomic E-state index is 12.7. The molecule has 0 spiro atoms. The van der Waals surface area contributed by atoms with E-state index in [4.69, 9.17) is 0 Å². The molecule has 2 heteroatoms. The van der Waals surface area contributed by atoms with E-state index in [0.29, 0.717) is 5.57 Å². The highest BCUT2D eigenvalue weighted by Gasteiger charge is 2.38. The molecule has 0 radical (unpaired) electrons. The minimum atomic E-state index is -0.545. The molecule has 1 aliphatic rings. The highest BCUT2D eigenvalue weighted by atomic mass is 16.1. The molecule has 142 valence electrons. The third-order valence-electron chi connectivity index (χ3n) is 4.88. The number of rotatable bonds is 1. The molecule has 0 N–H and O–H groups in total. The fourth-order valence-electron chi connectivity index (χ4n) is 3.32. The summed E-state index contributed by atoms with van der Waals surface area (Å²) in [4.78, 5) is 12.7. The zero-order valence-corrected chi connectivity index (χ0v) is 18.3. The van der Waals surface area contributed by atoms with Crippen LogP contribution in [0.5, 0.6) is 0 Å². The summed E-state index contributed by atoms with van der Waals surface area (Å²) in [6, 6.07) is 8.71. The number of hydrogen-bond acceptors (Lipinski definition) is 2. The summed E-state index contributed by atoms with van der Waals surface area (Å²) in [6.07, 6.45) is 0.737. The van der Waals surface area contributed by atoms with Crippen LogP contribution >= 0.6 is 0 Å². The van der Waals surface area contributed by atoms with Crippen LogP contribution in [0.25, 0.3) is 5.57 Å². The second-order valence-corrected chi connectivity index (χ2v) is 9.62. The standard InChI is InChI=1S/C22H29NO.C2H6/c1-20(2,3)14-9-10-15-16(12-22(7,8)18(15)11-14)17(13-23)19(24)21(4,5)6;1-2/h9-11H,12H2,1-8H3;1-2H3/b17-16+;. The Morgan fingerprint density at radius 3 is 2.04 bits per heavy atom. The SMILES string of the molecule is CC.CC(C)(C)C(=O)/C(C#N)=C1\CC(C)(C)c2cc(C(C)(C)C)ccc21. The van der Waals surface area contributed by atoms with Crippen LogP contribution < -0.4 is 0 Å². The summed E-state index contributed by atoms with van der Waals surface area (Å²) in [5.41, 5.74) is 4.33. The largest absolute Gasteiger partial charge is 0.293 e. The van der Waals surface area contributed by atoms with E-state index in [1.165, 1.54) is 11.1 Å². The van der Waals surface area contributed by atoms with Crippen LogP contribution in [-0.2, 0) is 15.6 Å². The zero-order valence-electron chi connectivity index (χ0n) is 18.3. The minimum absolute atomic E-state index is 0.0633. The second-order valence-electron chi connectivity index (χ2n) is 9.62. The van der Waals surface area contributed by atoms with Gasteiger partial charge in [-0.25, -0.2) is 0 Å². The van der Waals surface area contributed by atoms with E-state index in [1.807, 2.05) is 34.6 Å². The second kappa shape index (κ2) is 7.39. The predicted molar refractivity (Wildman–Crippen MR) is 111 cm³/mol. The number of allylic oxidation sites excluding steroid dienone is 2.